The van der Waals surface area contributed by atoms with Crippen LogP contribution >= 0.6 is 0 Å². The highest BCUT2D eigenvalue weighted by Gasteiger charge is 2.07. The molecule has 0 amide bonds. The largest absolute Gasteiger partial charge is 0.491 e. The molecular weight excluding hydrogens is 273 g/mol. The van der Waals surface area contributed by atoms with E-state index in [1.807, 2.05) is 0 Å². The zero-order chi connectivity index (χ0) is 15.1. The summed E-state index contributed by atoms with van der Waals surface area (Å²) in [6.07, 6.45) is -0.793. The van der Waals surface area contributed by atoms with E-state index in [2.05, 4.69) is 0 Å². The molecule has 0 saturated carbocycles. The van der Waals surface area contributed by atoms with Gasteiger partial charge in [-0.1, -0.05) is 24.3 Å². The van der Waals surface area contributed by atoms with Gasteiger partial charge < -0.3 is 20.3 Å². The molecule has 2 aromatic carbocycles. The average molecular weight is 291 g/mol. The van der Waals surface area contributed by atoms with Crippen LogP contribution in [0.15, 0.2) is 48.5 Å². The molecule has 2 aromatic rings. The highest BCUT2D eigenvalue weighted by Crippen LogP contribution is 2.14. The van der Waals surface area contributed by atoms with Gasteiger partial charge in [-0.25, -0.2) is 4.39 Å². The van der Waals surface area contributed by atoms with Gasteiger partial charge in [0.2, 0.25) is 0 Å². The van der Waals surface area contributed by atoms with Gasteiger partial charge in [0.15, 0.2) is 0 Å². The molecule has 0 aliphatic heterocycles. The van der Waals surface area contributed by atoms with E-state index < -0.39 is 6.10 Å². The number of hydrogen-bond acceptors (Lipinski definition) is 4. The molecular formula is C16H18FNO3. The summed E-state index contributed by atoms with van der Waals surface area (Å²) < 4.78 is 24.0. The maximum atomic E-state index is 13.3. The van der Waals surface area contributed by atoms with Crippen molar-refractivity contribution < 1.29 is 19.0 Å². The molecule has 0 aliphatic carbocycles. The number of benzene rings is 2. The van der Waals surface area contributed by atoms with Crippen molar-refractivity contribution in [2.75, 3.05) is 18.9 Å². The van der Waals surface area contributed by atoms with Crippen LogP contribution < -0.4 is 10.5 Å². The molecule has 0 heterocycles. The number of nitrogen functional groups attached to an aromatic ring is 1. The topological polar surface area (TPSA) is 64.7 Å². The fourth-order valence-electron chi connectivity index (χ4n) is 1.77. The molecule has 0 aromatic heterocycles. The Morgan fingerprint density at radius 1 is 1.10 bits per heavy atom. The Kier molecular flexibility index (Phi) is 5.54. The van der Waals surface area contributed by atoms with E-state index in [-0.39, 0.29) is 25.6 Å². The van der Waals surface area contributed by atoms with E-state index in [0.717, 1.165) is 0 Å². The SMILES string of the molecule is Nc1cccc(OCC(O)COCc2ccccc2F)c1. The van der Waals surface area contributed by atoms with Gasteiger partial charge >= 0.3 is 0 Å². The van der Waals surface area contributed by atoms with Crippen molar-refractivity contribution in [3.05, 3.63) is 59.9 Å². The number of anilines is 1. The lowest BCUT2D eigenvalue weighted by Crippen LogP contribution is -2.23. The second-order valence-corrected chi connectivity index (χ2v) is 4.64. The minimum Gasteiger partial charge on any atom is -0.491 e. The van der Waals surface area contributed by atoms with E-state index in [4.69, 9.17) is 15.2 Å². The summed E-state index contributed by atoms with van der Waals surface area (Å²) in [6, 6.07) is 13.3. The molecule has 0 spiro atoms. The predicted octanol–water partition coefficient (Wildman–Crippen LogP) is 2.36. The predicted molar refractivity (Wildman–Crippen MR) is 78.4 cm³/mol. The molecule has 0 aliphatic rings. The number of hydrogen-bond donors (Lipinski definition) is 2. The van der Waals surface area contributed by atoms with Crippen molar-refractivity contribution in [3.8, 4) is 5.75 Å². The van der Waals surface area contributed by atoms with Gasteiger partial charge in [0.1, 0.15) is 24.3 Å². The molecule has 1 atom stereocenters. The smallest absolute Gasteiger partial charge is 0.128 e. The number of aliphatic hydroxyl groups is 1. The monoisotopic (exact) mass is 291 g/mol. The summed E-state index contributed by atoms with van der Waals surface area (Å²) in [4.78, 5) is 0. The van der Waals surface area contributed by atoms with Crippen LogP contribution in [0.5, 0.6) is 5.75 Å². The number of aliphatic hydroxyl groups excluding tert-OH is 1. The Morgan fingerprint density at radius 3 is 2.67 bits per heavy atom. The van der Waals surface area contributed by atoms with E-state index in [1.165, 1.54) is 6.07 Å². The zero-order valence-corrected chi connectivity index (χ0v) is 11.5. The van der Waals surface area contributed by atoms with Crippen molar-refractivity contribution >= 4 is 5.69 Å². The minimum atomic E-state index is -0.793. The van der Waals surface area contributed by atoms with Crippen LogP contribution in [0.2, 0.25) is 0 Å². The number of nitrogens with two attached hydrogens (primary N) is 1. The molecule has 112 valence electrons. The first-order valence-corrected chi connectivity index (χ1v) is 6.62. The number of halogens is 1. The third-order valence-electron chi connectivity index (χ3n) is 2.83. The van der Waals surface area contributed by atoms with E-state index in [0.29, 0.717) is 17.0 Å². The van der Waals surface area contributed by atoms with Gasteiger partial charge in [-0.15, -0.1) is 0 Å². The van der Waals surface area contributed by atoms with Gasteiger partial charge in [0.25, 0.3) is 0 Å². The van der Waals surface area contributed by atoms with Crippen molar-refractivity contribution in [2.24, 2.45) is 0 Å². The van der Waals surface area contributed by atoms with Crippen molar-refractivity contribution in [2.45, 2.75) is 12.7 Å². The van der Waals surface area contributed by atoms with E-state index in [1.54, 1.807) is 42.5 Å². The quantitative estimate of drug-likeness (QED) is 0.769. The normalized spacial score (nSPS) is 12.1. The Morgan fingerprint density at radius 2 is 1.90 bits per heavy atom. The Hall–Kier alpha value is -2.11. The van der Waals surface area contributed by atoms with Crippen LogP contribution in [0.1, 0.15) is 5.56 Å². The Labute approximate surface area is 122 Å². The third kappa shape index (κ3) is 5.06. The van der Waals surface area contributed by atoms with Crippen molar-refractivity contribution in [3.63, 3.8) is 0 Å². The van der Waals surface area contributed by atoms with Gasteiger partial charge in [0, 0.05) is 17.3 Å². The summed E-state index contributed by atoms with van der Waals surface area (Å²) >= 11 is 0. The lowest BCUT2D eigenvalue weighted by molar-refractivity contribution is 0.00477. The molecule has 4 nitrogen and oxygen atoms in total. The Balaban J connectivity index is 1.70. The fourth-order valence-corrected chi connectivity index (χ4v) is 1.77. The number of rotatable bonds is 7. The van der Waals surface area contributed by atoms with Crippen LogP contribution in [-0.2, 0) is 11.3 Å². The zero-order valence-electron chi connectivity index (χ0n) is 11.5. The van der Waals surface area contributed by atoms with Gasteiger partial charge in [-0.05, 0) is 18.2 Å². The molecule has 0 bridgehead atoms. The lowest BCUT2D eigenvalue weighted by Gasteiger charge is -2.13. The van der Waals surface area contributed by atoms with Gasteiger partial charge in [-0.3, -0.25) is 0 Å². The molecule has 0 radical (unpaired) electrons. The van der Waals surface area contributed by atoms with Crippen LogP contribution in [-0.4, -0.2) is 24.4 Å². The summed E-state index contributed by atoms with van der Waals surface area (Å²) in [5.41, 5.74) is 6.68. The van der Waals surface area contributed by atoms with E-state index >= 15 is 0 Å². The van der Waals surface area contributed by atoms with Gasteiger partial charge in [-0.2, -0.15) is 0 Å². The van der Waals surface area contributed by atoms with Crippen LogP contribution in [0.3, 0.4) is 0 Å². The summed E-state index contributed by atoms with van der Waals surface area (Å²) in [6.45, 7) is 0.263. The molecule has 2 rings (SSSR count). The molecule has 5 heteroatoms. The average Bonchev–Trinajstić information content (AvgIpc) is 2.47. The summed E-state index contributed by atoms with van der Waals surface area (Å²) in [7, 11) is 0. The van der Waals surface area contributed by atoms with Crippen LogP contribution in [0, 0.1) is 5.82 Å². The molecule has 0 saturated heterocycles. The first kappa shape index (κ1) is 15.3. The molecule has 0 fully saturated rings. The first-order valence-electron chi connectivity index (χ1n) is 6.62. The van der Waals surface area contributed by atoms with E-state index in [9.17, 15) is 9.50 Å². The minimum absolute atomic E-state index is 0.0661. The standard InChI is InChI=1S/C16H18FNO3/c17-16-7-2-1-4-12(16)9-20-10-14(19)11-21-15-6-3-5-13(18)8-15/h1-8,14,19H,9-11,18H2. The highest BCUT2D eigenvalue weighted by atomic mass is 19.1. The summed E-state index contributed by atoms with van der Waals surface area (Å²) in [5, 5.41) is 9.75. The van der Waals surface area contributed by atoms with Crippen LogP contribution in [0.25, 0.3) is 0 Å². The van der Waals surface area contributed by atoms with Crippen LogP contribution in [0.4, 0.5) is 10.1 Å². The highest BCUT2D eigenvalue weighted by molar-refractivity contribution is 5.43. The molecule has 1 unspecified atom stereocenters. The fraction of sp³-hybridized carbons (Fsp3) is 0.250. The maximum absolute atomic E-state index is 13.3. The molecule has 21 heavy (non-hydrogen) atoms. The molecule has 3 N–H and O–H groups in total. The maximum Gasteiger partial charge on any atom is 0.128 e. The Bertz CT molecular complexity index is 577. The first-order chi connectivity index (χ1) is 10.1. The third-order valence-corrected chi connectivity index (χ3v) is 2.83. The summed E-state index contributed by atoms with van der Waals surface area (Å²) in [5.74, 6) is 0.270. The van der Waals surface area contributed by atoms with Crippen molar-refractivity contribution in [1.82, 2.24) is 0 Å². The second-order valence-electron chi connectivity index (χ2n) is 4.64. The lowest BCUT2D eigenvalue weighted by atomic mass is 10.2. The van der Waals surface area contributed by atoms with Gasteiger partial charge in [0.05, 0.1) is 13.2 Å². The van der Waals surface area contributed by atoms with Crippen molar-refractivity contribution in [1.29, 1.82) is 0 Å². The second kappa shape index (κ2) is 7.61. The number of ether oxygens (including phenoxy) is 2.